The number of aromatic amines is 1. The van der Waals surface area contributed by atoms with E-state index in [4.69, 9.17) is 16.0 Å². The van der Waals surface area contributed by atoms with Crippen LogP contribution in [-0.4, -0.2) is 15.9 Å². The molecule has 0 aliphatic heterocycles. The van der Waals surface area contributed by atoms with Crippen LogP contribution in [0.2, 0.25) is 5.02 Å². The number of rotatable bonds is 3. The lowest BCUT2D eigenvalue weighted by atomic mass is 10.1. The molecule has 4 aromatic rings. The second-order valence-electron chi connectivity index (χ2n) is 5.62. The third kappa shape index (κ3) is 2.63. The smallest absolute Gasteiger partial charge is 0.228 e. The molecule has 24 heavy (non-hydrogen) atoms. The van der Waals surface area contributed by atoms with E-state index in [0.717, 1.165) is 22.0 Å². The molecule has 0 saturated heterocycles. The van der Waals surface area contributed by atoms with Gasteiger partial charge in [0.25, 0.3) is 0 Å². The Labute approximate surface area is 142 Å². The fraction of sp³-hybridized carbons (Fsp3) is 0.111. The molecule has 0 fully saturated rings. The standard InChI is InChI=1S/C18H14ClN3O2/c1-10-21-15-3-2-4-16(18(15)24-10)22-17(23)7-11-9-20-14-6-5-12(19)8-13(11)14/h2-6,8-9,20H,7H2,1H3,(H,22,23). The highest BCUT2D eigenvalue weighted by molar-refractivity contribution is 6.31. The highest BCUT2D eigenvalue weighted by Gasteiger charge is 2.13. The highest BCUT2D eigenvalue weighted by Crippen LogP contribution is 2.26. The number of nitrogens with one attached hydrogen (secondary N) is 2. The van der Waals surface area contributed by atoms with Crippen molar-refractivity contribution in [2.24, 2.45) is 0 Å². The number of nitrogens with zero attached hydrogens (tertiary/aromatic N) is 1. The molecule has 5 nitrogen and oxygen atoms in total. The largest absolute Gasteiger partial charge is 0.439 e. The summed E-state index contributed by atoms with van der Waals surface area (Å²) in [5.41, 5.74) is 3.78. The number of aromatic nitrogens is 2. The molecule has 0 spiro atoms. The molecule has 0 saturated carbocycles. The number of fused-ring (bicyclic) bond motifs is 2. The van der Waals surface area contributed by atoms with E-state index in [0.29, 0.717) is 22.2 Å². The number of benzene rings is 2. The van der Waals surface area contributed by atoms with Crippen molar-refractivity contribution in [1.29, 1.82) is 0 Å². The predicted molar refractivity (Wildman–Crippen MR) is 94.4 cm³/mol. The van der Waals surface area contributed by atoms with Gasteiger partial charge in [-0.2, -0.15) is 0 Å². The Balaban J connectivity index is 1.60. The van der Waals surface area contributed by atoms with Crippen molar-refractivity contribution in [1.82, 2.24) is 9.97 Å². The number of para-hydroxylation sites is 1. The van der Waals surface area contributed by atoms with Crippen molar-refractivity contribution in [3.63, 3.8) is 0 Å². The average Bonchev–Trinajstić information content (AvgIpc) is 3.11. The summed E-state index contributed by atoms with van der Waals surface area (Å²) in [6, 6.07) is 11.1. The first-order valence-corrected chi connectivity index (χ1v) is 7.89. The maximum absolute atomic E-state index is 12.4. The first-order valence-electron chi connectivity index (χ1n) is 7.52. The van der Waals surface area contributed by atoms with E-state index in [1.165, 1.54) is 0 Å². The minimum absolute atomic E-state index is 0.127. The first kappa shape index (κ1) is 14.8. The van der Waals surface area contributed by atoms with Gasteiger partial charge in [0.15, 0.2) is 11.5 Å². The molecule has 6 heteroatoms. The van der Waals surface area contributed by atoms with Gasteiger partial charge in [-0.15, -0.1) is 0 Å². The van der Waals surface area contributed by atoms with E-state index >= 15 is 0 Å². The third-order valence-corrected chi connectivity index (χ3v) is 4.11. The van der Waals surface area contributed by atoms with Crippen molar-refractivity contribution in [2.45, 2.75) is 13.3 Å². The maximum atomic E-state index is 12.4. The summed E-state index contributed by atoms with van der Waals surface area (Å²) in [7, 11) is 0. The summed E-state index contributed by atoms with van der Waals surface area (Å²) in [5.74, 6) is 0.440. The Hall–Kier alpha value is -2.79. The van der Waals surface area contributed by atoms with Gasteiger partial charge in [-0.3, -0.25) is 4.79 Å². The number of H-pyrrole nitrogens is 1. The van der Waals surface area contributed by atoms with Gasteiger partial charge in [0.1, 0.15) is 5.52 Å². The van der Waals surface area contributed by atoms with E-state index in [1.54, 1.807) is 13.0 Å². The zero-order valence-corrected chi connectivity index (χ0v) is 13.6. The van der Waals surface area contributed by atoms with Crippen molar-refractivity contribution < 1.29 is 9.21 Å². The molecule has 0 aliphatic rings. The quantitative estimate of drug-likeness (QED) is 0.579. The van der Waals surface area contributed by atoms with Crippen molar-refractivity contribution in [3.8, 4) is 0 Å². The SMILES string of the molecule is Cc1nc2cccc(NC(=O)Cc3c[nH]c4ccc(Cl)cc34)c2o1. The molecule has 120 valence electrons. The van der Waals surface area contributed by atoms with Crippen LogP contribution >= 0.6 is 11.6 Å². The van der Waals surface area contributed by atoms with Gasteiger partial charge in [0, 0.05) is 29.0 Å². The van der Waals surface area contributed by atoms with Crippen LogP contribution in [0.4, 0.5) is 5.69 Å². The van der Waals surface area contributed by atoms with Gasteiger partial charge in [-0.05, 0) is 35.9 Å². The van der Waals surface area contributed by atoms with Crippen LogP contribution in [0.5, 0.6) is 0 Å². The minimum atomic E-state index is -0.127. The molecule has 0 unspecified atom stereocenters. The molecule has 1 amide bonds. The Morgan fingerprint density at radius 3 is 3.08 bits per heavy atom. The lowest BCUT2D eigenvalue weighted by molar-refractivity contribution is -0.115. The summed E-state index contributed by atoms with van der Waals surface area (Å²) in [6.07, 6.45) is 2.07. The Morgan fingerprint density at radius 2 is 2.21 bits per heavy atom. The van der Waals surface area contributed by atoms with Gasteiger partial charge in [-0.1, -0.05) is 17.7 Å². The predicted octanol–water partition coefficient (Wildman–Crippen LogP) is 4.45. The van der Waals surface area contributed by atoms with Crippen LogP contribution in [0, 0.1) is 6.92 Å². The molecule has 4 rings (SSSR count). The number of hydrogen-bond acceptors (Lipinski definition) is 3. The van der Waals surface area contributed by atoms with E-state index in [9.17, 15) is 4.79 Å². The van der Waals surface area contributed by atoms with Gasteiger partial charge in [0.2, 0.25) is 5.91 Å². The van der Waals surface area contributed by atoms with E-state index in [1.807, 2.05) is 36.5 Å². The Kier molecular flexibility index (Phi) is 3.50. The third-order valence-electron chi connectivity index (χ3n) is 3.88. The molecule has 2 N–H and O–H groups in total. The van der Waals surface area contributed by atoms with Gasteiger partial charge >= 0.3 is 0 Å². The van der Waals surface area contributed by atoms with E-state index < -0.39 is 0 Å². The van der Waals surface area contributed by atoms with E-state index in [2.05, 4.69) is 15.3 Å². The molecular weight excluding hydrogens is 326 g/mol. The van der Waals surface area contributed by atoms with Crippen LogP contribution in [0.15, 0.2) is 47.0 Å². The maximum Gasteiger partial charge on any atom is 0.228 e. The molecule has 0 aliphatic carbocycles. The number of amides is 1. The van der Waals surface area contributed by atoms with Crippen molar-refractivity contribution >= 4 is 45.2 Å². The van der Waals surface area contributed by atoms with Crippen LogP contribution in [0.1, 0.15) is 11.5 Å². The molecule has 0 radical (unpaired) electrons. The van der Waals surface area contributed by atoms with E-state index in [-0.39, 0.29) is 12.3 Å². The normalized spacial score (nSPS) is 11.2. The number of anilines is 1. The van der Waals surface area contributed by atoms with Crippen LogP contribution in [0.25, 0.3) is 22.0 Å². The van der Waals surface area contributed by atoms with Crippen molar-refractivity contribution in [3.05, 3.63) is 59.1 Å². The topological polar surface area (TPSA) is 70.9 Å². The summed E-state index contributed by atoms with van der Waals surface area (Å²) >= 11 is 6.05. The van der Waals surface area contributed by atoms with Crippen LogP contribution in [-0.2, 0) is 11.2 Å². The number of carbonyl (C=O) groups is 1. The fourth-order valence-electron chi connectivity index (χ4n) is 2.82. The minimum Gasteiger partial charge on any atom is -0.439 e. The zero-order valence-electron chi connectivity index (χ0n) is 12.9. The zero-order chi connectivity index (χ0) is 16.7. The lowest BCUT2D eigenvalue weighted by Gasteiger charge is -2.05. The number of oxazole rings is 1. The Bertz CT molecular complexity index is 1060. The van der Waals surface area contributed by atoms with Crippen molar-refractivity contribution in [2.75, 3.05) is 5.32 Å². The second kappa shape index (κ2) is 5.69. The number of aryl methyl sites for hydroxylation is 1. The first-order chi connectivity index (χ1) is 11.6. The number of halogens is 1. The average molecular weight is 340 g/mol. The molecule has 2 heterocycles. The van der Waals surface area contributed by atoms with Gasteiger partial charge < -0.3 is 14.7 Å². The monoisotopic (exact) mass is 339 g/mol. The molecule has 0 bridgehead atoms. The molecule has 0 atom stereocenters. The molecular formula is C18H14ClN3O2. The summed E-state index contributed by atoms with van der Waals surface area (Å²) < 4.78 is 5.57. The lowest BCUT2D eigenvalue weighted by Crippen LogP contribution is -2.14. The fourth-order valence-corrected chi connectivity index (χ4v) is 3.00. The van der Waals surface area contributed by atoms with Crippen LogP contribution in [0.3, 0.4) is 0 Å². The number of carbonyl (C=O) groups excluding carboxylic acids is 1. The summed E-state index contributed by atoms with van der Waals surface area (Å²) in [6.45, 7) is 1.78. The number of hydrogen-bond donors (Lipinski definition) is 2. The summed E-state index contributed by atoms with van der Waals surface area (Å²) in [5, 5.41) is 4.49. The van der Waals surface area contributed by atoms with Gasteiger partial charge in [0.05, 0.1) is 12.1 Å². The summed E-state index contributed by atoms with van der Waals surface area (Å²) in [4.78, 5) is 19.9. The Morgan fingerprint density at radius 1 is 1.33 bits per heavy atom. The molecule has 2 aromatic heterocycles. The van der Waals surface area contributed by atoms with Crippen LogP contribution < -0.4 is 5.32 Å². The highest BCUT2D eigenvalue weighted by atomic mass is 35.5. The van der Waals surface area contributed by atoms with Gasteiger partial charge in [-0.25, -0.2) is 4.98 Å². The second-order valence-corrected chi connectivity index (χ2v) is 6.05. The molecule has 2 aromatic carbocycles.